The van der Waals surface area contributed by atoms with Gasteiger partial charge in [-0.05, 0) is 18.6 Å². The molecule has 1 atom stereocenters. The van der Waals surface area contributed by atoms with Crippen molar-refractivity contribution in [3.05, 3.63) is 35.5 Å². The SMILES string of the molecule is CCC[NH+]([O-])c1ccccc1. The molecule has 2 nitrogen and oxygen atoms in total. The van der Waals surface area contributed by atoms with Crippen LogP contribution in [-0.2, 0) is 0 Å². The van der Waals surface area contributed by atoms with E-state index in [9.17, 15) is 5.21 Å². The number of benzene rings is 1. The third-order valence-electron chi connectivity index (χ3n) is 1.57. The molecule has 60 valence electrons. The molecule has 0 amide bonds. The van der Waals surface area contributed by atoms with Crippen LogP contribution in [0.15, 0.2) is 30.3 Å². The summed E-state index contributed by atoms with van der Waals surface area (Å²) in [6, 6.07) is 9.42. The topological polar surface area (TPSA) is 27.5 Å². The largest absolute Gasteiger partial charge is 0.629 e. The van der Waals surface area contributed by atoms with E-state index < -0.39 is 0 Å². The van der Waals surface area contributed by atoms with Crippen LogP contribution in [0.1, 0.15) is 13.3 Å². The molecule has 1 unspecified atom stereocenters. The molecule has 0 fully saturated rings. The lowest BCUT2D eigenvalue weighted by molar-refractivity contribution is -0.776. The number of quaternary nitrogens is 1. The van der Waals surface area contributed by atoms with Crippen LogP contribution in [0, 0.1) is 5.21 Å². The average Bonchev–Trinajstić information content (AvgIpc) is 2.07. The van der Waals surface area contributed by atoms with Crippen LogP contribution >= 0.6 is 0 Å². The first kappa shape index (κ1) is 8.24. The Morgan fingerprint density at radius 1 is 1.27 bits per heavy atom. The summed E-state index contributed by atoms with van der Waals surface area (Å²) in [5.41, 5.74) is 0.828. The molecule has 0 bridgehead atoms. The van der Waals surface area contributed by atoms with Crippen molar-refractivity contribution in [1.82, 2.24) is 0 Å². The third kappa shape index (κ3) is 2.33. The molecule has 0 aliphatic carbocycles. The average molecular weight is 151 g/mol. The summed E-state index contributed by atoms with van der Waals surface area (Å²) in [5, 5.41) is 11.5. The van der Waals surface area contributed by atoms with E-state index >= 15 is 0 Å². The fourth-order valence-electron chi connectivity index (χ4n) is 0.995. The van der Waals surface area contributed by atoms with Gasteiger partial charge in [0.05, 0.1) is 6.54 Å². The minimum atomic E-state index is 0.244. The molecule has 0 aromatic heterocycles. The zero-order valence-electron chi connectivity index (χ0n) is 6.71. The number of hydroxylamine groups is 1. The summed E-state index contributed by atoms with van der Waals surface area (Å²) in [6.45, 7) is 2.67. The molecule has 0 aliphatic rings. The number of hydrogen-bond acceptors (Lipinski definition) is 1. The zero-order chi connectivity index (χ0) is 8.10. The van der Waals surface area contributed by atoms with Gasteiger partial charge in [0.25, 0.3) is 0 Å². The molecule has 0 radical (unpaired) electrons. The highest BCUT2D eigenvalue weighted by Crippen LogP contribution is 1.97. The highest BCUT2D eigenvalue weighted by Gasteiger charge is 1.97. The van der Waals surface area contributed by atoms with Gasteiger partial charge in [0.1, 0.15) is 5.69 Å². The Bertz CT molecular complexity index is 198. The summed E-state index contributed by atoms with van der Waals surface area (Å²) < 4.78 is 0. The van der Waals surface area contributed by atoms with Crippen LogP contribution in [0.25, 0.3) is 0 Å². The molecule has 1 rings (SSSR count). The molecule has 1 aromatic rings. The lowest BCUT2D eigenvalue weighted by atomic mass is 10.3. The summed E-state index contributed by atoms with van der Waals surface area (Å²) >= 11 is 0. The maximum Gasteiger partial charge on any atom is 0.131 e. The van der Waals surface area contributed by atoms with Gasteiger partial charge < -0.3 is 10.3 Å². The molecule has 0 aliphatic heterocycles. The Labute approximate surface area is 67.0 Å². The number of rotatable bonds is 3. The summed E-state index contributed by atoms with van der Waals surface area (Å²) in [6.07, 6.45) is 0.924. The quantitative estimate of drug-likeness (QED) is 0.644. The molecular weight excluding hydrogens is 138 g/mol. The van der Waals surface area contributed by atoms with Crippen LogP contribution in [-0.4, -0.2) is 6.54 Å². The fourth-order valence-corrected chi connectivity index (χ4v) is 0.995. The van der Waals surface area contributed by atoms with Crippen molar-refractivity contribution in [3.8, 4) is 0 Å². The Kier molecular flexibility index (Phi) is 3.08. The fraction of sp³-hybridized carbons (Fsp3) is 0.333. The van der Waals surface area contributed by atoms with Crippen molar-refractivity contribution in [2.24, 2.45) is 0 Å². The molecule has 2 heteroatoms. The minimum absolute atomic E-state index is 0.244. The van der Waals surface area contributed by atoms with Crippen LogP contribution in [0.4, 0.5) is 5.69 Å². The first-order valence-corrected chi connectivity index (χ1v) is 3.93. The van der Waals surface area contributed by atoms with Gasteiger partial charge in [-0.25, -0.2) is 0 Å². The predicted octanol–water partition coefficient (Wildman–Crippen LogP) is 1.11. The molecule has 1 N–H and O–H groups in total. The standard InChI is InChI=1S/C9H13NO/c1-2-8-10(11)9-6-4-3-5-7-9/h3-7,10H,2,8H2,1H3. The maximum atomic E-state index is 11.2. The Hall–Kier alpha value is -0.860. The van der Waals surface area contributed by atoms with Gasteiger partial charge in [0.2, 0.25) is 0 Å². The lowest BCUT2D eigenvalue weighted by Gasteiger charge is -2.20. The Balaban J connectivity index is 2.61. The molecule has 0 saturated carbocycles. The van der Waals surface area contributed by atoms with Crippen molar-refractivity contribution >= 4 is 5.69 Å². The summed E-state index contributed by atoms with van der Waals surface area (Å²) in [4.78, 5) is 0. The normalized spacial score (nSPS) is 12.9. The van der Waals surface area contributed by atoms with Crippen LogP contribution < -0.4 is 5.06 Å². The van der Waals surface area contributed by atoms with Crippen LogP contribution in [0.3, 0.4) is 0 Å². The van der Waals surface area contributed by atoms with E-state index in [1.54, 1.807) is 0 Å². The van der Waals surface area contributed by atoms with Crippen molar-refractivity contribution in [3.63, 3.8) is 0 Å². The van der Waals surface area contributed by atoms with Gasteiger partial charge in [0.15, 0.2) is 0 Å². The first-order chi connectivity index (χ1) is 5.34. The number of nitrogens with one attached hydrogen (secondary N) is 1. The monoisotopic (exact) mass is 151 g/mol. The van der Waals surface area contributed by atoms with E-state index in [0.29, 0.717) is 6.54 Å². The number of hydrogen-bond donors (Lipinski definition) is 1. The van der Waals surface area contributed by atoms with Crippen LogP contribution in [0.2, 0.25) is 0 Å². The highest BCUT2D eigenvalue weighted by molar-refractivity contribution is 5.27. The van der Waals surface area contributed by atoms with Gasteiger partial charge in [0, 0.05) is 0 Å². The number of para-hydroxylation sites is 1. The second-order valence-corrected chi connectivity index (χ2v) is 2.54. The second-order valence-electron chi connectivity index (χ2n) is 2.54. The predicted molar refractivity (Wildman–Crippen MR) is 45.6 cm³/mol. The third-order valence-corrected chi connectivity index (χ3v) is 1.57. The zero-order valence-corrected chi connectivity index (χ0v) is 6.71. The summed E-state index contributed by atoms with van der Waals surface area (Å²) in [7, 11) is 0. The van der Waals surface area contributed by atoms with Crippen molar-refractivity contribution in [1.29, 1.82) is 0 Å². The van der Waals surface area contributed by atoms with Crippen molar-refractivity contribution in [2.45, 2.75) is 13.3 Å². The summed E-state index contributed by atoms with van der Waals surface area (Å²) in [5.74, 6) is 0. The highest BCUT2D eigenvalue weighted by atomic mass is 16.5. The first-order valence-electron chi connectivity index (χ1n) is 3.93. The molecule has 0 saturated heterocycles. The molecule has 0 spiro atoms. The Morgan fingerprint density at radius 3 is 2.45 bits per heavy atom. The molecular formula is C9H13NO. The van der Waals surface area contributed by atoms with Crippen LogP contribution in [0.5, 0.6) is 0 Å². The molecule has 0 heterocycles. The van der Waals surface area contributed by atoms with E-state index in [1.807, 2.05) is 37.3 Å². The van der Waals surface area contributed by atoms with Gasteiger partial charge in [-0.2, -0.15) is 0 Å². The van der Waals surface area contributed by atoms with Gasteiger partial charge >= 0.3 is 0 Å². The maximum absolute atomic E-state index is 11.2. The lowest BCUT2D eigenvalue weighted by Crippen LogP contribution is -3.01. The van der Waals surface area contributed by atoms with E-state index in [0.717, 1.165) is 12.1 Å². The van der Waals surface area contributed by atoms with Gasteiger partial charge in [-0.1, -0.05) is 25.1 Å². The van der Waals surface area contributed by atoms with E-state index in [2.05, 4.69) is 0 Å². The van der Waals surface area contributed by atoms with E-state index in [-0.39, 0.29) is 5.06 Å². The second kappa shape index (κ2) is 4.11. The minimum Gasteiger partial charge on any atom is -0.629 e. The van der Waals surface area contributed by atoms with E-state index in [4.69, 9.17) is 0 Å². The van der Waals surface area contributed by atoms with Gasteiger partial charge in [-0.15, -0.1) is 0 Å². The molecule has 11 heavy (non-hydrogen) atoms. The van der Waals surface area contributed by atoms with Gasteiger partial charge in [-0.3, -0.25) is 0 Å². The van der Waals surface area contributed by atoms with E-state index in [1.165, 1.54) is 0 Å². The molecule has 1 aromatic carbocycles. The van der Waals surface area contributed by atoms with Crippen molar-refractivity contribution in [2.75, 3.05) is 6.54 Å². The van der Waals surface area contributed by atoms with Crippen molar-refractivity contribution < 1.29 is 5.06 Å². The smallest absolute Gasteiger partial charge is 0.131 e. The Morgan fingerprint density at radius 2 is 1.91 bits per heavy atom.